The van der Waals surface area contributed by atoms with Crippen molar-refractivity contribution >= 4 is 21.8 Å². The first-order valence-electron chi connectivity index (χ1n) is 6.46. The number of likely N-dealkylation sites (tertiary alicyclic amines) is 1. The molecule has 0 atom stereocenters. The molecule has 1 aliphatic rings. The molecule has 0 unspecified atom stereocenters. The zero-order valence-electron chi connectivity index (χ0n) is 10.9. The Kier molecular flexibility index (Phi) is 4.05. The maximum atomic E-state index is 12.3. The van der Waals surface area contributed by atoms with Crippen molar-refractivity contribution in [2.45, 2.75) is 33.1 Å². The van der Waals surface area contributed by atoms with Gasteiger partial charge in [0.15, 0.2) is 0 Å². The molecule has 2 heterocycles. The summed E-state index contributed by atoms with van der Waals surface area (Å²) < 4.78 is 0.712. The van der Waals surface area contributed by atoms with Gasteiger partial charge in [0, 0.05) is 13.1 Å². The maximum absolute atomic E-state index is 12.3. The van der Waals surface area contributed by atoms with Crippen molar-refractivity contribution in [1.82, 2.24) is 9.88 Å². The zero-order chi connectivity index (χ0) is 13.2. The Hall–Kier alpha value is -0.900. The number of piperidine rings is 1. The summed E-state index contributed by atoms with van der Waals surface area (Å²) >= 11 is 3.30. The fourth-order valence-corrected chi connectivity index (χ4v) is 2.64. The van der Waals surface area contributed by atoms with E-state index in [4.69, 9.17) is 0 Å². The van der Waals surface area contributed by atoms with Crippen LogP contribution in [-0.4, -0.2) is 28.9 Å². The van der Waals surface area contributed by atoms with Crippen molar-refractivity contribution in [2.24, 2.45) is 5.41 Å². The smallest absolute Gasteiger partial charge is 0.272 e. The molecule has 98 valence electrons. The van der Waals surface area contributed by atoms with Crippen LogP contribution in [0.25, 0.3) is 0 Å². The number of hydrogen-bond donors (Lipinski definition) is 0. The van der Waals surface area contributed by atoms with Crippen LogP contribution in [0, 0.1) is 5.41 Å². The second-order valence-electron chi connectivity index (χ2n) is 5.30. The van der Waals surface area contributed by atoms with Crippen molar-refractivity contribution < 1.29 is 4.79 Å². The topological polar surface area (TPSA) is 33.2 Å². The first kappa shape index (κ1) is 13.5. The number of halogens is 1. The molecule has 0 spiro atoms. The molecule has 0 aromatic carbocycles. The van der Waals surface area contributed by atoms with Crippen LogP contribution in [0.3, 0.4) is 0 Å². The quantitative estimate of drug-likeness (QED) is 0.783. The first-order chi connectivity index (χ1) is 8.54. The van der Waals surface area contributed by atoms with Gasteiger partial charge in [-0.25, -0.2) is 4.98 Å². The van der Waals surface area contributed by atoms with Gasteiger partial charge in [0.2, 0.25) is 0 Å². The van der Waals surface area contributed by atoms with Gasteiger partial charge >= 0.3 is 0 Å². The van der Waals surface area contributed by atoms with Gasteiger partial charge in [-0.3, -0.25) is 4.79 Å². The van der Waals surface area contributed by atoms with Crippen molar-refractivity contribution in [1.29, 1.82) is 0 Å². The molecule has 1 aromatic heterocycles. The monoisotopic (exact) mass is 310 g/mol. The predicted octanol–water partition coefficient (Wildman–Crippen LogP) is 3.50. The van der Waals surface area contributed by atoms with Crippen molar-refractivity contribution in [3.05, 3.63) is 28.5 Å². The maximum Gasteiger partial charge on any atom is 0.272 e. The summed E-state index contributed by atoms with van der Waals surface area (Å²) in [5.41, 5.74) is 0.936. The van der Waals surface area contributed by atoms with Crippen LogP contribution in [0.2, 0.25) is 0 Å². The number of nitrogens with zero attached hydrogens (tertiary/aromatic N) is 2. The SMILES string of the molecule is CCC1(C)CCN(C(=O)c2cccc(Br)n2)CC1. The number of pyridine rings is 1. The summed E-state index contributed by atoms with van der Waals surface area (Å²) in [4.78, 5) is 18.4. The summed E-state index contributed by atoms with van der Waals surface area (Å²) in [6.45, 7) is 6.23. The van der Waals surface area contributed by atoms with Crippen molar-refractivity contribution in [3.63, 3.8) is 0 Å². The zero-order valence-corrected chi connectivity index (χ0v) is 12.5. The van der Waals surface area contributed by atoms with Gasteiger partial charge in [-0.15, -0.1) is 0 Å². The molecule has 1 amide bonds. The largest absolute Gasteiger partial charge is 0.337 e. The van der Waals surface area contributed by atoms with Crippen molar-refractivity contribution in [3.8, 4) is 0 Å². The second kappa shape index (κ2) is 5.39. The number of rotatable bonds is 2. The average molecular weight is 311 g/mol. The number of amides is 1. The molecule has 1 saturated heterocycles. The van der Waals surface area contributed by atoms with E-state index in [-0.39, 0.29) is 5.91 Å². The van der Waals surface area contributed by atoms with E-state index >= 15 is 0 Å². The van der Waals surface area contributed by atoms with Gasteiger partial charge in [-0.2, -0.15) is 0 Å². The average Bonchev–Trinajstić information content (AvgIpc) is 2.39. The Morgan fingerprint density at radius 2 is 2.11 bits per heavy atom. The molecule has 1 aromatic rings. The third-order valence-corrected chi connectivity index (χ3v) is 4.49. The molecule has 2 rings (SSSR count). The Morgan fingerprint density at radius 3 is 2.67 bits per heavy atom. The fraction of sp³-hybridized carbons (Fsp3) is 0.571. The molecule has 1 fully saturated rings. The van der Waals surface area contributed by atoms with E-state index in [9.17, 15) is 4.79 Å². The normalized spacial score (nSPS) is 18.7. The Bertz CT molecular complexity index is 439. The number of carbonyl (C=O) groups is 1. The minimum absolute atomic E-state index is 0.0504. The molecule has 1 aliphatic heterocycles. The van der Waals surface area contributed by atoms with E-state index in [1.165, 1.54) is 6.42 Å². The van der Waals surface area contributed by atoms with Crippen LogP contribution in [0.1, 0.15) is 43.6 Å². The van der Waals surface area contributed by atoms with Gasteiger partial charge in [0.1, 0.15) is 10.3 Å². The lowest BCUT2D eigenvalue weighted by Gasteiger charge is -2.38. The molecule has 3 nitrogen and oxygen atoms in total. The molecule has 18 heavy (non-hydrogen) atoms. The molecule has 0 bridgehead atoms. The summed E-state index contributed by atoms with van der Waals surface area (Å²) in [5, 5.41) is 0. The van der Waals surface area contributed by atoms with E-state index in [0.29, 0.717) is 15.7 Å². The van der Waals surface area contributed by atoms with Crippen LogP contribution in [0.4, 0.5) is 0 Å². The third-order valence-electron chi connectivity index (χ3n) is 4.05. The standard InChI is InChI=1S/C14H19BrN2O/c1-3-14(2)7-9-17(10-8-14)13(18)11-5-4-6-12(15)16-11/h4-6H,3,7-10H2,1-2H3. The summed E-state index contributed by atoms with van der Waals surface area (Å²) in [5.74, 6) is 0.0504. The first-order valence-corrected chi connectivity index (χ1v) is 7.25. The fourth-order valence-electron chi connectivity index (χ4n) is 2.29. The number of hydrogen-bond acceptors (Lipinski definition) is 2. The molecular formula is C14H19BrN2O. The minimum Gasteiger partial charge on any atom is -0.337 e. The van der Waals surface area contributed by atoms with Gasteiger partial charge in [0.25, 0.3) is 5.91 Å². The van der Waals surface area contributed by atoms with Gasteiger partial charge in [-0.05, 0) is 46.3 Å². The molecule has 0 aliphatic carbocycles. The minimum atomic E-state index is 0.0504. The van der Waals surface area contributed by atoms with Crippen LogP contribution in [0.15, 0.2) is 22.8 Å². The van der Waals surface area contributed by atoms with Crippen molar-refractivity contribution in [2.75, 3.05) is 13.1 Å². The van der Waals surface area contributed by atoms with Gasteiger partial charge in [0.05, 0.1) is 0 Å². The Morgan fingerprint density at radius 1 is 1.44 bits per heavy atom. The van der Waals surface area contributed by atoms with E-state index in [1.54, 1.807) is 6.07 Å². The molecule has 4 heteroatoms. The predicted molar refractivity (Wildman–Crippen MR) is 75.5 cm³/mol. The highest BCUT2D eigenvalue weighted by molar-refractivity contribution is 9.10. The van der Waals surface area contributed by atoms with Crippen LogP contribution in [0.5, 0.6) is 0 Å². The van der Waals surface area contributed by atoms with Gasteiger partial charge in [-0.1, -0.05) is 26.3 Å². The lowest BCUT2D eigenvalue weighted by molar-refractivity contribution is 0.0594. The van der Waals surface area contributed by atoms with E-state index in [1.807, 2.05) is 17.0 Å². The second-order valence-corrected chi connectivity index (χ2v) is 6.11. The van der Waals surface area contributed by atoms with E-state index in [2.05, 4.69) is 34.8 Å². The molecule has 0 saturated carbocycles. The summed E-state index contributed by atoms with van der Waals surface area (Å²) in [6, 6.07) is 5.46. The number of carbonyl (C=O) groups excluding carboxylic acids is 1. The summed E-state index contributed by atoms with van der Waals surface area (Å²) in [6.07, 6.45) is 3.36. The van der Waals surface area contributed by atoms with Crippen LogP contribution < -0.4 is 0 Å². The molecular weight excluding hydrogens is 292 g/mol. The van der Waals surface area contributed by atoms with Crippen LogP contribution >= 0.6 is 15.9 Å². The highest BCUT2D eigenvalue weighted by Crippen LogP contribution is 2.34. The lowest BCUT2D eigenvalue weighted by atomic mass is 9.78. The highest BCUT2D eigenvalue weighted by atomic mass is 79.9. The third kappa shape index (κ3) is 2.91. The number of aromatic nitrogens is 1. The summed E-state index contributed by atoms with van der Waals surface area (Å²) in [7, 11) is 0. The van der Waals surface area contributed by atoms with Crippen LogP contribution in [-0.2, 0) is 0 Å². The Balaban J connectivity index is 2.04. The molecule has 0 N–H and O–H groups in total. The van der Waals surface area contributed by atoms with E-state index in [0.717, 1.165) is 25.9 Å². The Labute approximate surface area is 117 Å². The molecule has 0 radical (unpaired) electrons. The highest BCUT2D eigenvalue weighted by Gasteiger charge is 2.30. The van der Waals surface area contributed by atoms with Gasteiger partial charge < -0.3 is 4.90 Å². The lowest BCUT2D eigenvalue weighted by Crippen LogP contribution is -2.42. The van der Waals surface area contributed by atoms with E-state index < -0.39 is 0 Å².